The first-order valence-corrected chi connectivity index (χ1v) is 6.40. The average molecular weight is 206 g/mol. The van der Waals surface area contributed by atoms with Crippen molar-refractivity contribution in [2.75, 3.05) is 38.7 Å². The van der Waals surface area contributed by atoms with Gasteiger partial charge in [0, 0.05) is 19.1 Å². The highest BCUT2D eigenvalue weighted by molar-refractivity contribution is 7.91. The van der Waals surface area contributed by atoms with Crippen molar-refractivity contribution in [3.8, 4) is 0 Å². The van der Waals surface area contributed by atoms with Crippen LogP contribution in [0.3, 0.4) is 0 Å². The summed E-state index contributed by atoms with van der Waals surface area (Å²) in [7, 11) is 1.29. The molecule has 0 bridgehead atoms. The Kier molecular flexibility index (Phi) is 3.70. The van der Waals surface area contributed by atoms with Crippen LogP contribution in [-0.4, -0.2) is 58.1 Å². The molecule has 0 unspecified atom stereocenters. The topological polar surface area (TPSA) is 49.4 Å². The van der Waals surface area contributed by atoms with Crippen LogP contribution in [0.25, 0.3) is 0 Å². The molecule has 0 aromatic rings. The smallest absolute Gasteiger partial charge is 0.151 e. The normalized spacial score (nSPS) is 26.8. The van der Waals surface area contributed by atoms with Crippen molar-refractivity contribution in [1.82, 2.24) is 10.2 Å². The molecule has 1 N–H and O–H groups in total. The van der Waals surface area contributed by atoms with Crippen LogP contribution in [0.1, 0.15) is 6.42 Å². The van der Waals surface area contributed by atoms with Crippen LogP contribution < -0.4 is 5.32 Å². The van der Waals surface area contributed by atoms with Gasteiger partial charge >= 0.3 is 0 Å². The zero-order valence-corrected chi connectivity index (χ0v) is 9.10. The monoisotopic (exact) mass is 206 g/mol. The highest BCUT2D eigenvalue weighted by atomic mass is 32.2. The van der Waals surface area contributed by atoms with Crippen molar-refractivity contribution in [3.05, 3.63) is 0 Å². The Bertz CT molecular complexity index is 249. The highest BCUT2D eigenvalue weighted by Crippen LogP contribution is 2.10. The maximum absolute atomic E-state index is 11.1. The summed E-state index contributed by atoms with van der Waals surface area (Å²) in [6.07, 6.45) is 0.774. The van der Waals surface area contributed by atoms with Crippen LogP contribution in [0.15, 0.2) is 0 Å². The Morgan fingerprint density at radius 2 is 2.15 bits per heavy atom. The third-order valence-corrected chi connectivity index (χ3v) is 3.99. The molecule has 5 heteroatoms. The minimum absolute atomic E-state index is 0.185. The summed E-state index contributed by atoms with van der Waals surface area (Å²) < 4.78 is 22.2. The van der Waals surface area contributed by atoms with Crippen LogP contribution in [-0.2, 0) is 9.84 Å². The van der Waals surface area contributed by atoms with Crippen molar-refractivity contribution in [2.24, 2.45) is 0 Å². The number of sulfone groups is 1. The number of rotatable bonds is 4. The lowest BCUT2D eigenvalue weighted by Gasteiger charge is -2.13. The fourth-order valence-electron chi connectivity index (χ4n) is 1.45. The van der Waals surface area contributed by atoms with Gasteiger partial charge < -0.3 is 10.2 Å². The zero-order valence-electron chi connectivity index (χ0n) is 8.28. The summed E-state index contributed by atoms with van der Waals surface area (Å²) >= 11 is 0. The molecule has 0 aromatic carbocycles. The van der Waals surface area contributed by atoms with Crippen LogP contribution in [0.4, 0.5) is 0 Å². The second-order valence-corrected chi connectivity index (χ2v) is 6.09. The van der Waals surface area contributed by atoms with E-state index in [0.717, 1.165) is 19.5 Å². The molecule has 1 rings (SSSR count). The van der Waals surface area contributed by atoms with Gasteiger partial charge in [-0.15, -0.1) is 0 Å². The standard InChI is InChI=1S/C8H18N2O2S/c1-10(2)5-4-9-8-3-6-13(11,12)7-8/h8-9H,3-7H2,1-2H3/t8-/m1/s1. The number of likely N-dealkylation sites (N-methyl/N-ethyl adjacent to an activating group) is 1. The van der Waals surface area contributed by atoms with E-state index >= 15 is 0 Å². The predicted octanol–water partition coefficient (Wildman–Crippen LogP) is -0.675. The van der Waals surface area contributed by atoms with Gasteiger partial charge in [-0.05, 0) is 20.5 Å². The van der Waals surface area contributed by atoms with E-state index in [0.29, 0.717) is 11.5 Å². The Balaban J connectivity index is 2.18. The molecule has 0 aliphatic carbocycles. The lowest BCUT2D eigenvalue weighted by Crippen LogP contribution is -2.35. The van der Waals surface area contributed by atoms with Gasteiger partial charge in [0.2, 0.25) is 0 Å². The molecule has 1 aliphatic heterocycles. The molecule has 4 nitrogen and oxygen atoms in total. The summed E-state index contributed by atoms with van der Waals surface area (Å²) in [4.78, 5) is 2.08. The van der Waals surface area contributed by atoms with Crippen molar-refractivity contribution in [3.63, 3.8) is 0 Å². The fourth-order valence-corrected chi connectivity index (χ4v) is 3.16. The minimum Gasteiger partial charge on any atom is -0.312 e. The molecule has 1 atom stereocenters. The molecular weight excluding hydrogens is 188 g/mol. The Labute approximate surface area is 80.2 Å². The van der Waals surface area contributed by atoms with E-state index < -0.39 is 9.84 Å². The van der Waals surface area contributed by atoms with Gasteiger partial charge in [-0.1, -0.05) is 0 Å². The third kappa shape index (κ3) is 4.06. The summed E-state index contributed by atoms with van der Waals surface area (Å²) in [5.74, 6) is 0.674. The van der Waals surface area contributed by atoms with E-state index in [9.17, 15) is 8.42 Å². The summed E-state index contributed by atoms with van der Waals surface area (Å²) in [6, 6.07) is 0.185. The first-order valence-electron chi connectivity index (χ1n) is 4.58. The van der Waals surface area contributed by atoms with Gasteiger partial charge in [0.05, 0.1) is 11.5 Å². The number of nitrogens with zero attached hydrogens (tertiary/aromatic N) is 1. The van der Waals surface area contributed by atoms with Gasteiger partial charge in [0.25, 0.3) is 0 Å². The van der Waals surface area contributed by atoms with Crippen molar-refractivity contribution < 1.29 is 8.42 Å². The number of hydrogen-bond acceptors (Lipinski definition) is 4. The number of nitrogens with one attached hydrogen (secondary N) is 1. The predicted molar refractivity (Wildman–Crippen MR) is 53.6 cm³/mol. The summed E-state index contributed by atoms with van der Waals surface area (Å²) in [5, 5.41) is 3.25. The molecule has 1 heterocycles. The van der Waals surface area contributed by atoms with Crippen LogP contribution in [0, 0.1) is 0 Å². The van der Waals surface area contributed by atoms with E-state index in [1.165, 1.54) is 0 Å². The third-order valence-electron chi connectivity index (χ3n) is 2.22. The van der Waals surface area contributed by atoms with Crippen LogP contribution in [0.2, 0.25) is 0 Å². The highest BCUT2D eigenvalue weighted by Gasteiger charge is 2.26. The second-order valence-electron chi connectivity index (χ2n) is 3.86. The molecule has 13 heavy (non-hydrogen) atoms. The Morgan fingerprint density at radius 1 is 1.46 bits per heavy atom. The van der Waals surface area contributed by atoms with Crippen molar-refractivity contribution in [1.29, 1.82) is 0 Å². The zero-order chi connectivity index (χ0) is 9.90. The van der Waals surface area contributed by atoms with Crippen molar-refractivity contribution >= 4 is 9.84 Å². The first kappa shape index (κ1) is 10.9. The van der Waals surface area contributed by atoms with Gasteiger partial charge in [-0.25, -0.2) is 8.42 Å². The fraction of sp³-hybridized carbons (Fsp3) is 1.00. The van der Waals surface area contributed by atoms with E-state index in [1.54, 1.807) is 0 Å². The first-order chi connectivity index (χ1) is 5.99. The maximum atomic E-state index is 11.1. The van der Waals surface area contributed by atoms with Gasteiger partial charge in [-0.2, -0.15) is 0 Å². The largest absolute Gasteiger partial charge is 0.312 e. The van der Waals surface area contributed by atoms with E-state index in [2.05, 4.69) is 10.2 Å². The van der Waals surface area contributed by atoms with Crippen LogP contribution in [0.5, 0.6) is 0 Å². The van der Waals surface area contributed by atoms with Crippen molar-refractivity contribution in [2.45, 2.75) is 12.5 Å². The molecule has 0 saturated carbocycles. The summed E-state index contributed by atoms with van der Waals surface area (Å²) in [5.41, 5.74) is 0. The van der Waals surface area contributed by atoms with Gasteiger partial charge in [0.1, 0.15) is 0 Å². The maximum Gasteiger partial charge on any atom is 0.151 e. The van der Waals surface area contributed by atoms with Gasteiger partial charge in [-0.3, -0.25) is 0 Å². The second kappa shape index (κ2) is 4.39. The van der Waals surface area contributed by atoms with E-state index in [4.69, 9.17) is 0 Å². The SMILES string of the molecule is CN(C)CCN[C@@H]1CCS(=O)(=O)C1. The quantitative estimate of drug-likeness (QED) is 0.662. The molecule has 1 saturated heterocycles. The molecule has 1 fully saturated rings. The Hall–Kier alpha value is -0.130. The average Bonchev–Trinajstić information content (AvgIpc) is 2.29. The summed E-state index contributed by atoms with van der Waals surface area (Å²) in [6.45, 7) is 1.82. The lowest BCUT2D eigenvalue weighted by molar-refractivity contribution is 0.388. The molecule has 78 valence electrons. The minimum atomic E-state index is -2.72. The molecular formula is C8H18N2O2S. The molecule has 0 spiro atoms. The van der Waals surface area contributed by atoms with E-state index in [1.807, 2.05) is 14.1 Å². The molecule has 0 aromatic heterocycles. The number of hydrogen-bond donors (Lipinski definition) is 1. The molecule has 0 radical (unpaired) electrons. The molecule has 0 amide bonds. The van der Waals surface area contributed by atoms with Gasteiger partial charge in [0.15, 0.2) is 9.84 Å². The van der Waals surface area contributed by atoms with E-state index in [-0.39, 0.29) is 6.04 Å². The van der Waals surface area contributed by atoms with Crippen LogP contribution >= 0.6 is 0 Å². The lowest BCUT2D eigenvalue weighted by atomic mass is 10.2. The molecule has 1 aliphatic rings. The Morgan fingerprint density at radius 3 is 2.62 bits per heavy atom.